The average Bonchev–Trinajstić information content (AvgIpc) is 2.92. The number of likely N-dealkylation sites (N-methyl/N-ethyl adjacent to an activating group) is 1. The van der Waals surface area contributed by atoms with Crippen molar-refractivity contribution in [2.75, 3.05) is 34.9 Å². The summed E-state index contributed by atoms with van der Waals surface area (Å²) < 4.78 is 10.9. The van der Waals surface area contributed by atoms with Crippen molar-refractivity contribution in [3.63, 3.8) is 0 Å². The van der Waals surface area contributed by atoms with Crippen molar-refractivity contribution in [1.82, 2.24) is 4.90 Å². The monoisotopic (exact) mass is 318 g/mol. The molecule has 1 aliphatic carbocycles. The first-order chi connectivity index (χ1) is 11.1. The third-order valence-electron chi connectivity index (χ3n) is 5.55. The summed E-state index contributed by atoms with van der Waals surface area (Å²) in [6.45, 7) is 1.11. The van der Waals surface area contributed by atoms with Crippen LogP contribution in [0.5, 0.6) is 11.5 Å². The summed E-state index contributed by atoms with van der Waals surface area (Å²) >= 11 is 0. The molecule has 126 valence electrons. The quantitative estimate of drug-likeness (QED) is 0.801. The van der Waals surface area contributed by atoms with Crippen LogP contribution in [0.15, 0.2) is 23.4 Å². The van der Waals surface area contributed by atoms with Gasteiger partial charge in [0.15, 0.2) is 11.5 Å². The minimum Gasteiger partial charge on any atom is -0.493 e. The molecule has 3 rings (SSSR count). The average molecular weight is 318 g/mol. The molecule has 1 aromatic carbocycles. The molecule has 1 saturated heterocycles. The van der Waals surface area contributed by atoms with E-state index in [1.165, 1.54) is 17.7 Å². The van der Waals surface area contributed by atoms with Crippen LogP contribution in [0.1, 0.15) is 31.2 Å². The number of fused-ring (bicyclic) bond motifs is 1. The fourth-order valence-electron chi connectivity index (χ4n) is 4.29. The van der Waals surface area contributed by atoms with Crippen LogP contribution in [0.25, 0.3) is 0 Å². The molecule has 1 aromatic rings. The Kier molecular flexibility index (Phi) is 4.48. The van der Waals surface area contributed by atoms with Gasteiger partial charge in [0.1, 0.15) is 7.11 Å². The number of hydrogen-bond acceptors (Lipinski definition) is 5. The van der Waals surface area contributed by atoms with Crippen LogP contribution in [0, 0.1) is 0 Å². The van der Waals surface area contributed by atoms with Crippen molar-refractivity contribution in [2.45, 2.75) is 37.1 Å². The highest BCUT2D eigenvalue weighted by Gasteiger charge is 2.50. The molecular formula is C18H26N2O3. The van der Waals surface area contributed by atoms with Crippen molar-refractivity contribution >= 4 is 5.71 Å². The van der Waals surface area contributed by atoms with Gasteiger partial charge in [-0.2, -0.15) is 0 Å². The van der Waals surface area contributed by atoms with Gasteiger partial charge < -0.3 is 19.2 Å². The maximum absolute atomic E-state index is 5.52. The molecule has 0 spiro atoms. The summed E-state index contributed by atoms with van der Waals surface area (Å²) in [5, 5.41) is 4.21. The van der Waals surface area contributed by atoms with Gasteiger partial charge >= 0.3 is 0 Å². The smallest absolute Gasteiger partial charge is 0.161 e. The minimum atomic E-state index is 0.168. The van der Waals surface area contributed by atoms with E-state index in [-0.39, 0.29) is 5.41 Å². The second-order valence-electron chi connectivity index (χ2n) is 6.52. The molecule has 23 heavy (non-hydrogen) atoms. The molecule has 1 saturated carbocycles. The van der Waals surface area contributed by atoms with E-state index >= 15 is 0 Å². The summed E-state index contributed by atoms with van der Waals surface area (Å²) in [7, 11) is 7.21. The van der Waals surface area contributed by atoms with Crippen molar-refractivity contribution in [3.05, 3.63) is 23.8 Å². The molecule has 0 radical (unpaired) electrons. The van der Waals surface area contributed by atoms with Gasteiger partial charge in [0, 0.05) is 17.9 Å². The maximum Gasteiger partial charge on any atom is 0.161 e. The van der Waals surface area contributed by atoms with E-state index in [1.807, 2.05) is 6.07 Å². The first-order valence-corrected chi connectivity index (χ1v) is 8.16. The number of oxime groups is 1. The Balaban J connectivity index is 1.98. The van der Waals surface area contributed by atoms with E-state index in [2.05, 4.69) is 29.2 Å². The van der Waals surface area contributed by atoms with Crippen molar-refractivity contribution in [1.29, 1.82) is 0 Å². The number of benzene rings is 1. The SMILES string of the molecule is CON=C1CCC2(c3ccc(OC)c(OC)c3)CCN(C)C2C1. The Bertz CT molecular complexity index is 602. The minimum absolute atomic E-state index is 0.168. The van der Waals surface area contributed by atoms with Crippen LogP contribution in [-0.4, -0.2) is 51.6 Å². The number of ether oxygens (including phenoxy) is 2. The third-order valence-corrected chi connectivity index (χ3v) is 5.55. The Labute approximate surface area is 138 Å². The van der Waals surface area contributed by atoms with Crippen LogP contribution in [0.2, 0.25) is 0 Å². The van der Waals surface area contributed by atoms with Crippen LogP contribution in [-0.2, 0) is 10.3 Å². The zero-order chi connectivity index (χ0) is 16.4. The first-order valence-electron chi connectivity index (χ1n) is 8.16. The molecule has 5 nitrogen and oxygen atoms in total. The molecule has 2 atom stereocenters. The molecule has 5 heteroatoms. The van der Waals surface area contributed by atoms with Crippen LogP contribution < -0.4 is 9.47 Å². The van der Waals surface area contributed by atoms with Gasteiger partial charge in [-0.15, -0.1) is 0 Å². The van der Waals surface area contributed by atoms with Crippen LogP contribution >= 0.6 is 0 Å². The zero-order valence-electron chi connectivity index (χ0n) is 14.5. The largest absolute Gasteiger partial charge is 0.493 e. The molecule has 2 aliphatic rings. The normalized spacial score (nSPS) is 29.4. The second-order valence-corrected chi connectivity index (χ2v) is 6.52. The molecule has 0 N–H and O–H groups in total. The molecule has 1 aliphatic heterocycles. The second kappa shape index (κ2) is 6.40. The molecule has 2 fully saturated rings. The van der Waals surface area contributed by atoms with Crippen LogP contribution in [0.4, 0.5) is 0 Å². The molecular weight excluding hydrogens is 292 g/mol. The lowest BCUT2D eigenvalue weighted by atomic mass is 9.65. The standard InChI is InChI=1S/C18H26N2O3/c1-20-10-9-18(8-7-14(19-23-4)12-17(18)20)13-5-6-15(21-2)16(11-13)22-3/h5-6,11,17H,7-10,12H2,1-4H3. The topological polar surface area (TPSA) is 43.3 Å². The summed E-state index contributed by atoms with van der Waals surface area (Å²) in [5.74, 6) is 1.59. The molecule has 2 unspecified atom stereocenters. The predicted octanol–water partition coefficient (Wildman–Crippen LogP) is 2.83. The number of rotatable bonds is 4. The van der Waals surface area contributed by atoms with E-state index in [9.17, 15) is 0 Å². The number of methoxy groups -OCH3 is 2. The van der Waals surface area contributed by atoms with Gasteiger partial charge in [-0.1, -0.05) is 11.2 Å². The lowest BCUT2D eigenvalue weighted by Crippen LogP contribution is -2.46. The van der Waals surface area contributed by atoms with E-state index < -0.39 is 0 Å². The fraction of sp³-hybridized carbons (Fsp3) is 0.611. The molecule has 0 bridgehead atoms. The van der Waals surface area contributed by atoms with Gasteiger partial charge in [-0.25, -0.2) is 0 Å². The number of hydrogen-bond donors (Lipinski definition) is 0. The molecule has 0 aromatic heterocycles. The van der Waals surface area contributed by atoms with E-state index in [0.29, 0.717) is 6.04 Å². The first kappa shape index (κ1) is 16.1. The maximum atomic E-state index is 5.52. The number of likely N-dealkylation sites (tertiary alicyclic amines) is 1. The van der Waals surface area contributed by atoms with Crippen molar-refractivity contribution in [2.24, 2.45) is 5.16 Å². The third kappa shape index (κ3) is 2.67. The van der Waals surface area contributed by atoms with E-state index in [1.54, 1.807) is 21.3 Å². The van der Waals surface area contributed by atoms with Gasteiger partial charge in [-0.3, -0.25) is 0 Å². The van der Waals surface area contributed by atoms with Gasteiger partial charge in [0.25, 0.3) is 0 Å². The molecule has 0 amide bonds. The van der Waals surface area contributed by atoms with Crippen LogP contribution in [0.3, 0.4) is 0 Å². The predicted molar refractivity (Wildman–Crippen MR) is 90.6 cm³/mol. The Hall–Kier alpha value is -1.75. The highest BCUT2D eigenvalue weighted by Crippen LogP contribution is 2.49. The summed E-state index contributed by atoms with van der Waals surface area (Å²) in [6.07, 6.45) is 4.23. The van der Waals surface area contributed by atoms with Gasteiger partial charge in [-0.05, 0) is 50.6 Å². The van der Waals surface area contributed by atoms with Gasteiger partial charge in [0.2, 0.25) is 0 Å². The Morgan fingerprint density at radius 2 is 1.91 bits per heavy atom. The summed E-state index contributed by atoms with van der Waals surface area (Å²) in [4.78, 5) is 7.46. The lowest BCUT2D eigenvalue weighted by Gasteiger charge is -2.42. The van der Waals surface area contributed by atoms with Gasteiger partial charge in [0.05, 0.1) is 19.9 Å². The fourth-order valence-corrected chi connectivity index (χ4v) is 4.29. The van der Waals surface area contributed by atoms with E-state index in [0.717, 1.165) is 37.3 Å². The summed E-state index contributed by atoms with van der Waals surface area (Å²) in [5.41, 5.74) is 2.68. The van der Waals surface area contributed by atoms with E-state index in [4.69, 9.17) is 14.3 Å². The molecule has 1 heterocycles. The Morgan fingerprint density at radius 3 is 2.61 bits per heavy atom. The summed E-state index contributed by atoms with van der Waals surface area (Å²) in [6, 6.07) is 6.84. The highest BCUT2D eigenvalue weighted by atomic mass is 16.6. The van der Waals surface area contributed by atoms with Crippen molar-refractivity contribution in [3.8, 4) is 11.5 Å². The zero-order valence-corrected chi connectivity index (χ0v) is 14.5. The number of nitrogens with zero attached hydrogens (tertiary/aromatic N) is 2. The Morgan fingerprint density at radius 1 is 1.13 bits per heavy atom. The highest BCUT2D eigenvalue weighted by molar-refractivity contribution is 5.86. The lowest BCUT2D eigenvalue weighted by molar-refractivity contribution is 0.195. The van der Waals surface area contributed by atoms with Crippen molar-refractivity contribution < 1.29 is 14.3 Å².